The van der Waals surface area contributed by atoms with Crippen molar-refractivity contribution in [3.05, 3.63) is 69.6 Å². The summed E-state index contributed by atoms with van der Waals surface area (Å²) in [7, 11) is 0. The Hall–Kier alpha value is -3.24. The van der Waals surface area contributed by atoms with E-state index in [2.05, 4.69) is 15.0 Å². The number of benzene rings is 2. The normalized spacial score (nSPS) is 15.4. The summed E-state index contributed by atoms with van der Waals surface area (Å²) < 4.78 is 5.51. The van der Waals surface area contributed by atoms with E-state index in [1.165, 1.54) is 17.8 Å². The Morgan fingerprint density at radius 3 is 2.48 bits per heavy atom. The van der Waals surface area contributed by atoms with Crippen molar-refractivity contribution in [1.82, 2.24) is 19.9 Å². The van der Waals surface area contributed by atoms with Gasteiger partial charge in [0.1, 0.15) is 5.56 Å². The van der Waals surface area contributed by atoms with Gasteiger partial charge in [-0.15, -0.1) is 11.8 Å². The molecule has 33 heavy (non-hydrogen) atoms. The van der Waals surface area contributed by atoms with Crippen molar-refractivity contribution < 1.29 is 14.2 Å². The van der Waals surface area contributed by atoms with Crippen LogP contribution in [-0.4, -0.2) is 63.2 Å². The predicted molar refractivity (Wildman–Crippen MR) is 125 cm³/mol. The molecule has 1 fully saturated rings. The molecule has 4 rings (SSSR count). The second-order valence-corrected chi connectivity index (χ2v) is 8.85. The molecule has 172 valence electrons. The third-order valence-corrected chi connectivity index (χ3v) is 6.61. The number of aromatic nitrogens is 2. The summed E-state index contributed by atoms with van der Waals surface area (Å²) >= 11 is 1.45. The molecule has 1 aromatic heterocycles. The van der Waals surface area contributed by atoms with Crippen LogP contribution in [0.15, 0.2) is 51.9 Å². The Labute approximate surface area is 195 Å². The molecule has 3 aromatic rings. The van der Waals surface area contributed by atoms with E-state index < -0.39 is 4.92 Å². The zero-order valence-electron chi connectivity index (χ0n) is 18.7. The fraction of sp³-hybridized carbons (Fsp3) is 0.348. The van der Waals surface area contributed by atoms with E-state index in [-0.39, 0.29) is 23.2 Å². The second-order valence-electron chi connectivity index (χ2n) is 7.97. The summed E-state index contributed by atoms with van der Waals surface area (Å²) in [4.78, 5) is 33.2. The number of carbonyl (C=O) groups excluding carboxylic acids is 1. The maximum Gasteiger partial charge on any atom is 0.282 e. The Morgan fingerprint density at radius 2 is 1.85 bits per heavy atom. The van der Waals surface area contributed by atoms with Crippen molar-refractivity contribution in [1.29, 1.82) is 0 Å². The molecule has 2 heterocycles. The molecule has 1 unspecified atom stereocenters. The smallest absolute Gasteiger partial charge is 0.282 e. The average Bonchev–Trinajstić information content (AvgIpc) is 3.33. The van der Waals surface area contributed by atoms with Gasteiger partial charge in [0.05, 0.1) is 11.0 Å². The van der Waals surface area contributed by atoms with Gasteiger partial charge in [-0.1, -0.05) is 35.0 Å². The van der Waals surface area contributed by atoms with Crippen LogP contribution in [0, 0.1) is 17.0 Å². The van der Waals surface area contributed by atoms with Gasteiger partial charge in [0.15, 0.2) is 0 Å². The van der Waals surface area contributed by atoms with Gasteiger partial charge in [-0.3, -0.25) is 19.8 Å². The monoisotopic (exact) mass is 467 g/mol. The molecule has 0 spiro atoms. The fourth-order valence-corrected chi connectivity index (χ4v) is 4.28. The Balaban J connectivity index is 1.42. The van der Waals surface area contributed by atoms with Crippen LogP contribution < -0.4 is 0 Å². The van der Waals surface area contributed by atoms with Crippen molar-refractivity contribution >= 4 is 23.4 Å². The van der Waals surface area contributed by atoms with E-state index in [1.807, 2.05) is 44.4 Å². The van der Waals surface area contributed by atoms with E-state index in [4.69, 9.17) is 4.52 Å². The first-order valence-electron chi connectivity index (χ1n) is 10.6. The molecular formula is C23H25N5O4S. The lowest BCUT2D eigenvalue weighted by Gasteiger charge is -2.36. The zero-order valence-corrected chi connectivity index (χ0v) is 19.5. The van der Waals surface area contributed by atoms with E-state index in [0.29, 0.717) is 37.9 Å². The van der Waals surface area contributed by atoms with Crippen LogP contribution >= 0.6 is 11.8 Å². The van der Waals surface area contributed by atoms with Crippen LogP contribution in [0.2, 0.25) is 0 Å². The minimum absolute atomic E-state index is 0.108. The molecule has 0 bridgehead atoms. The van der Waals surface area contributed by atoms with Crippen molar-refractivity contribution in [3.63, 3.8) is 0 Å². The summed E-state index contributed by atoms with van der Waals surface area (Å²) in [5.41, 5.74) is 2.03. The Morgan fingerprint density at radius 1 is 1.15 bits per heavy atom. The maximum absolute atomic E-state index is 13.1. The molecular weight excluding hydrogens is 442 g/mol. The lowest BCUT2D eigenvalue weighted by Crippen LogP contribution is -2.49. The quantitative estimate of drug-likeness (QED) is 0.302. The summed E-state index contributed by atoms with van der Waals surface area (Å²) in [5.74, 6) is 0.754. The number of nitro benzene ring substituents is 1. The lowest BCUT2D eigenvalue weighted by atomic mass is 10.1. The van der Waals surface area contributed by atoms with Crippen molar-refractivity contribution in [2.45, 2.75) is 24.8 Å². The van der Waals surface area contributed by atoms with Crippen LogP contribution in [-0.2, 0) is 0 Å². The fourth-order valence-electron chi connectivity index (χ4n) is 3.84. The number of hydrogen-bond donors (Lipinski definition) is 0. The van der Waals surface area contributed by atoms with Gasteiger partial charge >= 0.3 is 0 Å². The number of amides is 1. The maximum atomic E-state index is 13.1. The SMILES string of the molecule is CSc1ccc([N+](=O)[O-])c(C(=O)N2CCN(C(C)c3nc(-c4ccc(C)cc4)no3)CC2)c1. The largest absolute Gasteiger partial charge is 0.337 e. The first-order chi connectivity index (χ1) is 15.9. The molecule has 1 aliphatic heterocycles. The molecule has 1 aliphatic rings. The van der Waals surface area contributed by atoms with Gasteiger partial charge in [0, 0.05) is 42.7 Å². The van der Waals surface area contributed by atoms with Gasteiger partial charge in [-0.05, 0) is 32.2 Å². The minimum atomic E-state index is -0.503. The summed E-state index contributed by atoms with van der Waals surface area (Å²) in [6.45, 7) is 6.15. The number of aryl methyl sites for hydroxylation is 1. The standard InChI is InChI=1S/C23H25N5O4S/c1-15-4-6-17(7-5-15)21-24-22(32-25-21)16(2)26-10-12-27(13-11-26)23(29)19-14-18(33-3)8-9-20(19)28(30)31/h4-9,14,16H,10-13H2,1-3H3. The molecule has 2 aromatic carbocycles. The molecule has 1 amide bonds. The van der Waals surface area contributed by atoms with Gasteiger partial charge in [0.2, 0.25) is 11.7 Å². The van der Waals surface area contributed by atoms with Crippen LogP contribution in [0.3, 0.4) is 0 Å². The molecule has 0 aliphatic carbocycles. The first kappa shape index (κ1) is 22.9. The van der Waals surface area contributed by atoms with E-state index in [1.54, 1.807) is 17.0 Å². The van der Waals surface area contributed by atoms with Crippen LogP contribution in [0.25, 0.3) is 11.4 Å². The van der Waals surface area contributed by atoms with Gasteiger partial charge < -0.3 is 9.42 Å². The van der Waals surface area contributed by atoms with Crippen LogP contribution in [0.5, 0.6) is 0 Å². The van der Waals surface area contributed by atoms with Gasteiger partial charge in [-0.25, -0.2) is 0 Å². The predicted octanol–water partition coefficient (Wildman–Crippen LogP) is 4.19. The molecule has 1 saturated heterocycles. The molecule has 0 radical (unpaired) electrons. The van der Waals surface area contributed by atoms with E-state index in [0.717, 1.165) is 16.0 Å². The number of piperazine rings is 1. The van der Waals surface area contributed by atoms with E-state index >= 15 is 0 Å². The van der Waals surface area contributed by atoms with Crippen molar-refractivity contribution in [2.75, 3.05) is 32.4 Å². The summed E-state index contributed by atoms with van der Waals surface area (Å²) in [5, 5.41) is 15.5. The number of rotatable bonds is 6. The number of carbonyl (C=O) groups is 1. The summed E-state index contributed by atoms with van der Waals surface area (Å²) in [6.07, 6.45) is 1.87. The van der Waals surface area contributed by atoms with Gasteiger partial charge in [0.25, 0.3) is 11.6 Å². The highest BCUT2D eigenvalue weighted by Crippen LogP contribution is 2.28. The number of nitrogens with zero attached hydrogens (tertiary/aromatic N) is 5. The average molecular weight is 468 g/mol. The Kier molecular flexibility index (Phi) is 6.75. The Bertz CT molecular complexity index is 1160. The van der Waals surface area contributed by atoms with Crippen LogP contribution in [0.4, 0.5) is 5.69 Å². The van der Waals surface area contributed by atoms with Crippen LogP contribution in [0.1, 0.15) is 34.8 Å². The number of nitro groups is 1. The van der Waals surface area contributed by atoms with Crippen molar-refractivity contribution in [2.24, 2.45) is 0 Å². The van der Waals surface area contributed by atoms with Crippen molar-refractivity contribution in [3.8, 4) is 11.4 Å². The van der Waals surface area contributed by atoms with Gasteiger partial charge in [-0.2, -0.15) is 4.98 Å². The van der Waals surface area contributed by atoms with E-state index in [9.17, 15) is 14.9 Å². The summed E-state index contributed by atoms with van der Waals surface area (Å²) in [6, 6.07) is 12.5. The molecule has 9 nitrogen and oxygen atoms in total. The topological polar surface area (TPSA) is 106 Å². The molecule has 0 saturated carbocycles. The third kappa shape index (κ3) is 4.91. The lowest BCUT2D eigenvalue weighted by molar-refractivity contribution is -0.385. The first-order valence-corrected chi connectivity index (χ1v) is 11.9. The highest BCUT2D eigenvalue weighted by Gasteiger charge is 2.31. The zero-order chi connectivity index (χ0) is 23.5. The molecule has 0 N–H and O–H groups in total. The number of thioether (sulfide) groups is 1. The number of hydrogen-bond acceptors (Lipinski definition) is 8. The second kappa shape index (κ2) is 9.72. The highest BCUT2D eigenvalue weighted by atomic mass is 32.2. The minimum Gasteiger partial charge on any atom is -0.337 e. The highest BCUT2D eigenvalue weighted by molar-refractivity contribution is 7.98. The third-order valence-electron chi connectivity index (χ3n) is 5.89. The molecule has 1 atom stereocenters. The molecule has 10 heteroatoms.